The van der Waals surface area contributed by atoms with Crippen molar-refractivity contribution in [1.29, 1.82) is 0 Å². The fraction of sp³-hybridized carbons (Fsp3) is 0.286. The molecule has 144 valence electrons. The first kappa shape index (κ1) is 17.2. The van der Waals surface area contributed by atoms with Gasteiger partial charge < -0.3 is 0 Å². The van der Waals surface area contributed by atoms with Gasteiger partial charge in [-0.05, 0) is 59.1 Å². The fourth-order valence-electron chi connectivity index (χ4n) is 5.94. The van der Waals surface area contributed by atoms with Crippen molar-refractivity contribution in [2.45, 2.75) is 37.1 Å². The van der Waals surface area contributed by atoms with E-state index in [0.29, 0.717) is 6.04 Å². The van der Waals surface area contributed by atoms with Gasteiger partial charge in [-0.15, -0.1) is 0 Å². The molecule has 3 aromatic carbocycles. The van der Waals surface area contributed by atoms with Crippen LogP contribution in [0, 0.1) is 0 Å². The van der Waals surface area contributed by atoms with Gasteiger partial charge in [0.1, 0.15) is 0 Å². The van der Waals surface area contributed by atoms with Crippen LogP contribution in [0.25, 0.3) is 6.08 Å². The first-order valence-electron chi connectivity index (χ1n) is 11.0. The number of nitrogens with zero attached hydrogens (tertiary/aromatic N) is 1. The monoisotopic (exact) mass is 377 g/mol. The van der Waals surface area contributed by atoms with E-state index in [-0.39, 0.29) is 5.41 Å². The molecule has 1 spiro atoms. The number of hydrogen-bond donors (Lipinski definition) is 0. The van der Waals surface area contributed by atoms with E-state index in [2.05, 4.69) is 89.8 Å². The minimum absolute atomic E-state index is 0.247. The van der Waals surface area contributed by atoms with E-state index in [1.165, 1.54) is 40.7 Å². The van der Waals surface area contributed by atoms with Crippen LogP contribution < -0.4 is 0 Å². The number of hydrogen-bond acceptors (Lipinski definition) is 1. The summed E-state index contributed by atoms with van der Waals surface area (Å²) in [5, 5.41) is 0. The summed E-state index contributed by atoms with van der Waals surface area (Å²) in [7, 11) is 0. The third-order valence-electron chi connectivity index (χ3n) is 7.50. The van der Waals surface area contributed by atoms with Gasteiger partial charge in [-0.2, -0.15) is 0 Å². The Bertz CT molecular complexity index is 1040. The molecule has 0 atom stereocenters. The quantitative estimate of drug-likeness (QED) is 0.508. The fourth-order valence-corrected chi connectivity index (χ4v) is 5.94. The van der Waals surface area contributed by atoms with Crippen LogP contribution in [-0.4, -0.2) is 18.0 Å². The second kappa shape index (κ2) is 6.71. The minimum Gasteiger partial charge on any atom is -0.292 e. The minimum atomic E-state index is 0.247. The number of allylic oxidation sites excluding steroid dienone is 1. The van der Waals surface area contributed by atoms with Gasteiger partial charge in [-0.1, -0.05) is 84.9 Å². The maximum absolute atomic E-state index is 2.75. The molecule has 1 heteroatoms. The second-order valence-corrected chi connectivity index (χ2v) is 8.91. The van der Waals surface area contributed by atoms with Gasteiger partial charge in [0.2, 0.25) is 0 Å². The largest absolute Gasteiger partial charge is 0.292 e. The van der Waals surface area contributed by atoms with E-state index in [0.717, 1.165) is 25.9 Å². The van der Waals surface area contributed by atoms with Gasteiger partial charge >= 0.3 is 0 Å². The topological polar surface area (TPSA) is 3.24 Å². The van der Waals surface area contributed by atoms with E-state index in [4.69, 9.17) is 0 Å². The Labute approximate surface area is 173 Å². The Morgan fingerprint density at radius 1 is 0.690 bits per heavy atom. The molecule has 1 saturated heterocycles. The molecule has 1 nitrogen and oxygen atoms in total. The van der Waals surface area contributed by atoms with Crippen LogP contribution in [0.3, 0.4) is 0 Å². The van der Waals surface area contributed by atoms with Crippen LogP contribution in [0.2, 0.25) is 0 Å². The molecule has 0 radical (unpaired) electrons. The molecule has 3 aliphatic rings. The van der Waals surface area contributed by atoms with Crippen molar-refractivity contribution in [1.82, 2.24) is 4.90 Å². The maximum Gasteiger partial charge on any atom is 0.0607 e. The molecule has 0 N–H and O–H groups in total. The molecule has 1 aliphatic heterocycles. The molecule has 0 saturated carbocycles. The lowest BCUT2D eigenvalue weighted by Gasteiger charge is -2.43. The molecule has 0 unspecified atom stereocenters. The highest BCUT2D eigenvalue weighted by Gasteiger charge is 2.40. The van der Waals surface area contributed by atoms with E-state index in [1.54, 1.807) is 5.56 Å². The lowest BCUT2D eigenvalue weighted by Crippen LogP contribution is -2.43. The SMILES string of the molecule is C1=CC2(CCN(C3c4ccccc4CCc4ccccc43)CC2)c2ccccc21. The molecule has 29 heavy (non-hydrogen) atoms. The Kier molecular flexibility index (Phi) is 3.99. The van der Waals surface area contributed by atoms with Gasteiger partial charge in [0.15, 0.2) is 0 Å². The second-order valence-electron chi connectivity index (χ2n) is 8.91. The molecule has 6 rings (SSSR count). The third-order valence-corrected chi connectivity index (χ3v) is 7.50. The molecular formula is C28H27N. The van der Waals surface area contributed by atoms with Crippen LogP contribution in [0.15, 0.2) is 78.9 Å². The van der Waals surface area contributed by atoms with Crippen molar-refractivity contribution >= 4 is 6.08 Å². The molecule has 1 fully saturated rings. The number of rotatable bonds is 1. The van der Waals surface area contributed by atoms with Crippen LogP contribution in [0.5, 0.6) is 0 Å². The summed E-state index contributed by atoms with van der Waals surface area (Å²) in [6.07, 6.45) is 9.56. The summed E-state index contributed by atoms with van der Waals surface area (Å²) in [6, 6.07) is 27.7. The molecule has 2 aliphatic carbocycles. The van der Waals surface area contributed by atoms with Crippen molar-refractivity contribution < 1.29 is 0 Å². The van der Waals surface area contributed by atoms with Crippen LogP contribution in [0.1, 0.15) is 52.3 Å². The number of benzene rings is 3. The van der Waals surface area contributed by atoms with E-state index in [9.17, 15) is 0 Å². The zero-order valence-corrected chi connectivity index (χ0v) is 16.9. The zero-order chi connectivity index (χ0) is 19.3. The van der Waals surface area contributed by atoms with Crippen LogP contribution in [-0.2, 0) is 18.3 Å². The summed E-state index contributed by atoms with van der Waals surface area (Å²) in [4.78, 5) is 2.75. The summed E-state index contributed by atoms with van der Waals surface area (Å²) in [5.41, 5.74) is 9.32. The Balaban J connectivity index is 1.36. The van der Waals surface area contributed by atoms with Crippen molar-refractivity contribution in [3.05, 3.63) is 112 Å². The highest BCUT2D eigenvalue weighted by molar-refractivity contribution is 5.65. The first-order chi connectivity index (χ1) is 14.3. The smallest absolute Gasteiger partial charge is 0.0607 e. The first-order valence-corrected chi connectivity index (χ1v) is 11.0. The van der Waals surface area contributed by atoms with E-state index >= 15 is 0 Å². The van der Waals surface area contributed by atoms with Crippen molar-refractivity contribution in [2.75, 3.05) is 13.1 Å². The van der Waals surface area contributed by atoms with Crippen LogP contribution >= 0.6 is 0 Å². The van der Waals surface area contributed by atoms with Gasteiger partial charge in [0.05, 0.1) is 6.04 Å². The molecule has 0 amide bonds. The van der Waals surface area contributed by atoms with Crippen LogP contribution in [0.4, 0.5) is 0 Å². The number of fused-ring (bicyclic) bond motifs is 4. The average molecular weight is 378 g/mol. The number of piperidine rings is 1. The lowest BCUT2D eigenvalue weighted by molar-refractivity contribution is 0.150. The van der Waals surface area contributed by atoms with Gasteiger partial charge in [0.25, 0.3) is 0 Å². The summed E-state index contributed by atoms with van der Waals surface area (Å²) >= 11 is 0. The van der Waals surface area contributed by atoms with Gasteiger partial charge in [-0.3, -0.25) is 4.90 Å². The number of likely N-dealkylation sites (tertiary alicyclic amines) is 1. The van der Waals surface area contributed by atoms with Crippen molar-refractivity contribution in [3.63, 3.8) is 0 Å². The molecule has 0 aromatic heterocycles. The highest BCUT2D eigenvalue weighted by atomic mass is 15.2. The van der Waals surface area contributed by atoms with Gasteiger partial charge in [-0.25, -0.2) is 0 Å². The van der Waals surface area contributed by atoms with Crippen molar-refractivity contribution in [3.8, 4) is 0 Å². The predicted octanol–water partition coefficient (Wildman–Crippen LogP) is 5.94. The average Bonchev–Trinajstić information content (AvgIpc) is 3.04. The summed E-state index contributed by atoms with van der Waals surface area (Å²) in [5.74, 6) is 0. The summed E-state index contributed by atoms with van der Waals surface area (Å²) in [6.45, 7) is 2.29. The molecule has 0 bridgehead atoms. The third kappa shape index (κ3) is 2.72. The lowest BCUT2D eigenvalue weighted by atomic mass is 9.74. The molecule has 1 heterocycles. The maximum atomic E-state index is 2.75. The zero-order valence-electron chi connectivity index (χ0n) is 16.9. The van der Waals surface area contributed by atoms with Crippen molar-refractivity contribution in [2.24, 2.45) is 0 Å². The Morgan fingerprint density at radius 3 is 1.97 bits per heavy atom. The Morgan fingerprint density at radius 2 is 1.28 bits per heavy atom. The normalized spacial score (nSPS) is 20.1. The molecule has 3 aromatic rings. The predicted molar refractivity (Wildman–Crippen MR) is 120 cm³/mol. The Hall–Kier alpha value is -2.64. The molecular weight excluding hydrogens is 350 g/mol. The highest BCUT2D eigenvalue weighted by Crippen LogP contribution is 2.46. The van der Waals surface area contributed by atoms with E-state index in [1.807, 2.05) is 0 Å². The standard InChI is InChI=1S/C28H27N/c1-4-10-24-21(7-1)13-14-22-8-2-5-11-25(22)27(24)29-19-17-28(18-20-29)16-15-23-9-3-6-12-26(23)28/h1-12,15-16,27H,13-14,17-20H2. The summed E-state index contributed by atoms with van der Waals surface area (Å²) < 4.78 is 0. The van der Waals surface area contributed by atoms with Gasteiger partial charge in [0, 0.05) is 18.5 Å². The van der Waals surface area contributed by atoms with E-state index < -0.39 is 0 Å². The number of aryl methyl sites for hydroxylation is 2.